The molecule has 2 aliphatic heterocycles. The van der Waals surface area contributed by atoms with Crippen LogP contribution in [0.25, 0.3) is 0 Å². The van der Waals surface area contributed by atoms with Gasteiger partial charge in [-0.25, -0.2) is 8.42 Å². The lowest BCUT2D eigenvalue weighted by atomic mass is 9.93. The highest BCUT2D eigenvalue weighted by Crippen LogP contribution is 2.37. The summed E-state index contributed by atoms with van der Waals surface area (Å²) in [5, 5.41) is 0. The van der Waals surface area contributed by atoms with Crippen LogP contribution in [0.3, 0.4) is 0 Å². The third-order valence-corrected chi connectivity index (χ3v) is 6.87. The minimum absolute atomic E-state index is 0.0916. The summed E-state index contributed by atoms with van der Waals surface area (Å²) >= 11 is 0. The molecule has 0 N–H and O–H groups in total. The lowest BCUT2D eigenvalue weighted by molar-refractivity contribution is 0.165. The van der Waals surface area contributed by atoms with E-state index in [1.165, 1.54) is 7.11 Å². The van der Waals surface area contributed by atoms with E-state index in [2.05, 4.69) is 11.9 Å². The molecule has 0 amide bonds. The minimum Gasteiger partial charge on any atom is -0.495 e. The highest BCUT2D eigenvalue weighted by atomic mass is 32.2. The molecule has 0 spiro atoms. The van der Waals surface area contributed by atoms with Gasteiger partial charge in [-0.15, -0.1) is 0 Å². The predicted molar refractivity (Wildman–Crippen MR) is 85.6 cm³/mol. The first-order valence-electron chi connectivity index (χ1n) is 7.78. The minimum atomic E-state index is -3.52. The van der Waals surface area contributed by atoms with E-state index in [0.29, 0.717) is 23.1 Å². The Labute approximate surface area is 132 Å². The van der Waals surface area contributed by atoms with Gasteiger partial charge in [-0.05, 0) is 57.0 Å². The molecule has 2 saturated heterocycles. The van der Waals surface area contributed by atoms with Gasteiger partial charge in [0.15, 0.2) is 0 Å². The summed E-state index contributed by atoms with van der Waals surface area (Å²) in [6, 6.07) is 5.42. The van der Waals surface area contributed by atoms with Crippen molar-refractivity contribution in [3.8, 4) is 5.75 Å². The number of sulfonamides is 1. The number of nitrogens with zero attached hydrogens (tertiary/aromatic N) is 2. The van der Waals surface area contributed by atoms with Crippen LogP contribution in [-0.2, 0) is 10.0 Å². The van der Waals surface area contributed by atoms with Gasteiger partial charge in [0.05, 0.1) is 7.11 Å². The van der Waals surface area contributed by atoms with E-state index in [1.54, 1.807) is 16.4 Å². The maximum Gasteiger partial charge on any atom is 0.247 e. The Morgan fingerprint density at radius 1 is 1.23 bits per heavy atom. The van der Waals surface area contributed by atoms with Crippen molar-refractivity contribution in [1.82, 2.24) is 9.21 Å². The molecule has 122 valence electrons. The van der Waals surface area contributed by atoms with Crippen molar-refractivity contribution < 1.29 is 13.2 Å². The molecule has 0 aromatic heterocycles. The molecule has 2 aliphatic rings. The van der Waals surface area contributed by atoms with Crippen LogP contribution in [0.1, 0.15) is 18.4 Å². The molecule has 2 fully saturated rings. The van der Waals surface area contributed by atoms with Gasteiger partial charge < -0.3 is 9.64 Å². The fourth-order valence-electron chi connectivity index (χ4n) is 3.67. The van der Waals surface area contributed by atoms with Gasteiger partial charge >= 0.3 is 0 Å². The van der Waals surface area contributed by atoms with Crippen molar-refractivity contribution in [3.05, 3.63) is 23.8 Å². The third-order valence-electron chi connectivity index (χ3n) is 4.92. The lowest BCUT2D eigenvalue weighted by Gasteiger charge is -2.36. The number of piperidine rings is 1. The summed E-state index contributed by atoms with van der Waals surface area (Å²) in [6.45, 7) is 4.39. The molecule has 1 aromatic rings. The molecule has 1 aromatic carbocycles. The topological polar surface area (TPSA) is 49.9 Å². The van der Waals surface area contributed by atoms with E-state index >= 15 is 0 Å². The van der Waals surface area contributed by atoms with Crippen molar-refractivity contribution >= 4 is 10.0 Å². The second kappa shape index (κ2) is 5.83. The highest BCUT2D eigenvalue weighted by molar-refractivity contribution is 7.89. The Bertz CT molecular complexity index is 659. The van der Waals surface area contributed by atoms with E-state index in [9.17, 15) is 8.42 Å². The number of ether oxygens (including phenoxy) is 1. The van der Waals surface area contributed by atoms with Gasteiger partial charge in [0.1, 0.15) is 10.6 Å². The monoisotopic (exact) mass is 324 g/mol. The SMILES string of the molecule is COc1ccc(C)cc1S(=O)(=O)N1CC[C@@H]2CCN(C)C[C@@H]21. The van der Waals surface area contributed by atoms with E-state index in [-0.39, 0.29) is 6.04 Å². The quantitative estimate of drug-likeness (QED) is 0.849. The van der Waals surface area contributed by atoms with Crippen LogP contribution >= 0.6 is 0 Å². The van der Waals surface area contributed by atoms with Crippen LogP contribution in [0, 0.1) is 12.8 Å². The van der Waals surface area contributed by atoms with Crippen molar-refractivity contribution in [2.75, 3.05) is 33.8 Å². The number of hydrogen-bond donors (Lipinski definition) is 0. The number of methoxy groups -OCH3 is 1. The lowest BCUT2D eigenvalue weighted by Crippen LogP contribution is -2.48. The summed E-state index contributed by atoms with van der Waals surface area (Å²) in [7, 11) is 0.0647. The zero-order valence-corrected chi connectivity index (χ0v) is 14.3. The van der Waals surface area contributed by atoms with Crippen LogP contribution in [0.15, 0.2) is 23.1 Å². The second-order valence-corrected chi connectivity index (χ2v) is 8.30. The van der Waals surface area contributed by atoms with Gasteiger partial charge in [0.2, 0.25) is 10.0 Å². The fourth-order valence-corrected chi connectivity index (χ4v) is 5.60. The normalized spacial score (nSPS) is 26.9. The Balaban J connectivity index is 1.98. The molecule has 22 heavy (non-hydrogen) atoms. The van der Waals surface area contributed by atoms with Crippen LogP contribution in [0.2, 0.25) is 0 Å². The van der Waals surface area contributed by atoms with Crippen LogP contribution < -0.4 is 4.74 Å². The Morgan fingerprint density at radius 3 is 2.68 bits per heavy atom. The largest absolute Gasteiger partial charge is 0.495 e. The summed E-state index contributed by atoms with van der Waals surface area (Å²) in [6.07, 6.45) is 2.05. The van der Waals surface area contributed by atoms with Gasteiger partial charge in [0.25, 0.3) is 0 Å². The molecule has 6 heteroatoms. The Hall–Kier alpha value is -1.11. The molecule has 5 nitrogen and oxygen atoms in total. The molecular weight excluding hydrogens is 300 g/mol. The van der Waals surface area contributed by atoms with Crippen molar-refractivity contribution in [3.63, 3.8) is 0 Å². The number of benzene rings is 1. The summed E-state index contributed by atoms with van der Waals surface area (Å²) < 4.78 is 33.3. The molecule has 2 heterocycles. The standard InChI is InChI=1S/C16H24N2O3S/c1-12-4-5-15(21-3)16(10-12)22(19,20)18-9-7-13-6-8-17(2)11-14(13)18/h4-5,10,13-14H,6-9,11H2,1-3H3/t13-,14-/m0/s1. The smallest absolute Gasteiger partial charge is 0.247 e. The number of likely N-dealkylation sites (tertiary alicyclic amines) is 1. The average molecular weight is 324 g/mol. The summed E-state index contributed by atoms with van der Waals surface area (Å²) in [5.74, 6) is 0.917. The molecule has 2 atom stereocenters. The number of aryl methyl sites for hydroxylation is 1. The number of fused-ring (bicyclic) bond motifs is 1. The van der Waals surface area contributed by atoms with Crippen LogP contribution in [-0.4, -0.2) is 57.5 Å². The number of likely N-dealkylation sites (N-methyl/N-ethyl adjacent to an activating group) is 1. The molecular formula is C16H24N2O3S. The van der Waals surface area contributed by atoms with Gasteiger partial charge in [-0.2, -0.15) is 4.31 Å². The molecule has 0 radical (unpaired) electrons. The van der Waals surface area contributed by atoms with Crippen molar-refractivity contribution in [1.29, 1.82) is 0 Å². The molecule has 0 saturated carbocycles. The number of hydrogen-bond acceptors (Lipinski definition) is 4. The first-order chi connectivity index (χ1) is 10.4. The zero-order valence-electron chi connectivity index (χ0n) is 13.4. The average Bonchev–Trinajstić information content (AvgIpc) is 2.90. The Kier molecular flexibility index (Phi) is 4.18. The van der Waals surface area contributed by atoms with Gasteiger partial charge in [-0.3, -0.25) is 0 Å². The van der Waals surface area contributed by atoms with E-state index in [0.717, 1.165) is 31.5 Å². The Morgan fingerprint density at radius 2 is 1.95 bits per heavy atom. The fraction of sp³-hybridized carbons (Fsp3) is 0.625. The molecule has 0 bridgehead atoms. The van der Waals surface area contributed by atoms with Gasteiger partial charge in [-0.1, -0.05) is 6.07 Å². The van der Waals surface area contributed by atoms with Crippen molar-refractivity contribution in [2.24, 2.45) is 5.92 Å². The molecule has 0 unspecified atom stereocenters. The highest BCUT2D eigenvalue weighted by Gasteiger charge is 2.44. The molecule has 0 aliphatic carbocycles. The van der Waals surface area contributed by atoms with Crippen molar-refractivity contribution in [2.45, 2.75) is 30.7 Å². The van der Waals surface area contributed by atoms with E-state index in [4.69, 9.17) is 4.74 Å². The predicted octanol–water partition coefficient (Wildman–Crippen LogP) is 1.72. The molecule has 3 rings (SSSR count). The second-order valence-electron chi connectivity index (χ2n) is 6.44. The number of rotatable bonds is 3. The zero-order chi connectivity index (χ0) is 15.9. The van der Waals surface area contributed by atoms with Crippen LogP contribution in [0.5, 0.6) is 5.75 Å². The van der Waals surface area contributed by atoms with E-state index < -0.39 is 10.0 Å². The first-order valence-corrected chi connectivity index (χ1v) is 9.22. The maximum atomic E-state index is 13.2. The maximum absolute atomic E-state index is 13.2. The van der Waals surface area contributed by atoms with Crippen LogP contribution in [0.4, 0.5) is 0 Å². The third kappa shape index (κ3) is 2.64. The summed E-state index contributed by atoms with van der Waals surface area (Å²) in [5.41, 5.74) is 0.927. The first kappa shape index (κ1) is 15.8. The van der Waals surface area contributed by atoms with E-state index in [1.807, 2.05) is 13.0 Å². The summed E-state index contributed by atoms with van der Waals surface area (Å²) in [4.78, 5) is 2.52. The van der Waals surface area contributed by atoms with Gasteiger partial charge in [0, 0.05) is 19.1 Å².